The van der Waals surface area contributed by atoms with E-state index in [1.807, 2.05) is 24.3 Å². The van der Waals surface area contributed by atoms with E-state index in [1.54, 1.807) is 23.2 Å². The fourth-order valence-corrected chi connectivity index (χ4v) is 4.65. The number of ether oxygens (including phenoxy) is 2. The fraction of sp³-hybridized carbons (Fsp3) is 0.192. The molecule has 0 radical (unpaired) electrons. The number of Topliss-reactive ketones (excluding diaryl/α,β-unsaturated/α-hetero) is 2. The number of hydrogen-bond donors (Lipinski definition) is 2. The zero-order valence-electron chi connectivity index (χ0n) is 18.6. The normalized spacial score (nSPS) is 17.4. The van der Waals surface area contributed by atoms with Crippen LogP contribution in [0, 0.1) is 0 Å². The fourth-order valence-electron chi connectivity index (χ4n) is 4.65. The van der Waals surface area contributed by atoms with Crippen LogP contribution < -0.4 is 14.5 Å². The molecule has 1 fully saturated rings. The zero-order valence-corrected chi connectivity index (χ0v) is 18.6. The zero-order chi connectivity index (χ0) is 24.1. The number of anilines is 2. The van der Waals surface area contributed by atoms with Crippen molar-refractivity contribution < 1.29 is 29.3 Å². The third-order valence-corrected chi connectivity index (χ3v) is 6.41. The van der Waals surface area contributed by atoms with Crippen LogP contribution in [0.4, 0.5) is 11.5 Å². The summed E-state index contributed by atoms with van der Waals surface area (Å²) >= 11 is 0. The Morgan fingerprint density at radius 2 is 1.57 bits per heavy atom. The van der Waals surface area contributed by atoms with Crippen molar-refractivity contribution in [3.63, 3.8) is 0 Å². The lowest BCUT2D eigenvalue weighted by atomic mass is 9.89. The minimum Gasteiger partial charge on any atom is -0.507 e. The highest BCUT2D eigenvalue weighted by Gasteiger charge is 2.42. The molecule has 0 unspecified atom stereocenters. The average molecular weight is 471 g/mol. The number of aromatic hydroxyl groups is 2. The largest absolute Gasteiger partial charge is 0.507 e. The molecule has 0 saturated carbocycles. The van der Waals surface area contributed by atoms with E-state index in [0.717, 1.165) is 24.5 Å². The summed E-state index contributed by atoms with van der Waals surface area (Å²) < 4.78 is 11.4. The van der Waals surface area contributed by atoms with Gasteiger partial charge in [0.2, 0.25) is 17.3 Å². The van der Waals surface area contributed by atoms with E-state index in [2.05, 4.69) is 9.88 Å². The van der Waals surface area contributed by atoms with Crippen molar-refractivity contribution in [2.24, 2.45) is 0 Å². The molecular weight excluding hydrogens is 450 g/mol. The molecular formula is C26H21N3O6. The monoisotopic (exact) mass is 471 g/mol. The van der Waals surface area contributed by atoms with Gasteiger partial charge in [0.15, 0.2) is 0 Å². The molecule has 176 valence electrons. The van der Waals surface area contributed by atoms with Crippen LogP contribution in [0.2, 0.25) is 0 Å². The Morgan fingerprint density at radius 1 is 0.857 bits per heavy atom. The number of phenolic OH excluding ortho intramolecular Hbond substituents is 2. The van der Waals surface area contributed by atoms with E-state index in [0.29, 0.717) is 24.7 Å². The van der Waals surface area contributed by atoms with Crippen molar-refractivity contribution in [3.05, 3.63) is 82.9 Å². The van der Waals surface area contributed by atoms with Crippen LogP contribution in [0.25, 0.3) is 0 Å². The van der Waals surface area contributed by atoms with Crippen molar-refractivity contribution in [3.8, 4) is 17.2 Å². The van der Waals surface area contributed by atoms with Crippen LogP contribution in [0.3, 0.4) is 0 Å². The number of morpholine rings is 1. The number of benzene rings is 2. The van der Waals surface area contributed by atoms with Gasteiger partial charge >= 0.3 is 0 Å². The van der Waals surface area contributed by atoms with Gasteiger partial charge in [-0.1, -0.05) is 18.2 Å². The molecule has 2 N–H and O–H groups in total. The quantitative estimate of drug-likeness (QED) is 0.545. The van der Waals surface area contributed by atoms with E-state index in [4.69, 9.17) is 9.47 Å². The van der Waals surface area contributed by atoms with E-state index in [-0.39, 0.29) is 34.9 Å². The number of aromatic nitrogens is 1. The molecule has 35 heavy (non-hydrogen) atoms. The Balaban J connectivity index is 1.49. The van der Waals surface area contributed by atoms with Gasteiger partial charge in [0, 0.05) is 18.7 Å². The van der Waals surface area contributed by atoms with Gasteiger partial charge in [-0.25, -0.2) is 4.98 Å². The van der Waals surface area contributed by atoms with Crippen molar-refractivity contribution in [2.75, 3.05) is 36.1 Å². The summed E-state index contributed by atoms with van der Waals surface area (Å²) in [5.41, 5.74) is 0.817. The minimum atomic E-state index is -0.678. The molecule has 1 aromatic heterocycles. The highest BCUT2D eigenvalue weighted by Crippen LogP contribution is 2.42. The maximum absolute atomic E-state index is 13.7. The van der Waals surface area contributed by atoms with Gasteiger partial charge in [-0.2, -0.15) is 0 Å². The van der Waals surface area contributed by atoms with Crippen LogP contribution in [-0.2, 0) is 11.3 Å². The smallest absolute Gasteiger partial charge is 0.235 e. The number of hydrogen-bond acceptors (Lipinski definition) is 9. The molecule has 3 heterocycles. The van der Waals surface area contributed by atoms with Crippen molar-refractivity contribution in [1.29, 1.82) is 0 Å². The third kappa shape index (κ3) is 3.39. The van der Waals surface area contributed by atoms with Crippen LogP contribution in [0.1, 0.15) is 26.3 Å². The molecule has 3 aliphatic rings. The summed E-state index contributed by atoms with van der Waals surface area (Å²) in [5.74, 6) is -1.06. The Kier molecular flexibility index (Phi) is 4.93. The first-order chi connectivity index (χ1) is 17.0. The first kappa shape index (κ1) is 21.2. The Labute approximate surface area is 200 Å². The number of rotatable bonds is 2. The van der Waals surface area contributed by atoms with E-state index < -0.39 is 17.3 Å². The predicted molar refractivity (Wildman–Crippen MR) is 126 cm³/mol. The molecule has 2 aromatic carbocycles. The molecule has 0 bridgehead atoms. The molecule has 1 saturated heterocycles. The minimum absolute atomic E-state index is 0.0134. The maximum atomic E-state index is 13.7. The average Bonchev–Trinajstić information content (AvgIpc) is 3.07. The van der Waals surface area contributed by atoms with Gasteiger partial charge in [0.1, 0.15) is 28.8 Å². The number of fused-ring (bicyclic) bond motifs is 2. The van der Waals surface area contributed by atoms with Crippen LogP contribution >= 0.6 is 0 Å². The van der Waals surface area contributed by atoms with Gasteiger partial charge in [0.05, 0.1) is 42.8 Å². The summed E-state index contributed by atoms with van der Waals surface area (Å²) in [4.78, 5) is 35.6. The Hall–Kier alpha value is -4.37. The number of para-hydroxylation sites is 1. The number of carbonyl (C=O) groups is 2. The van der Waals surface area contributed by atoms with Gasteiger partial charge < -0.3 is 29.5 Å². The summed E-state index contributed by atoms with van der Waals surface area (Å²) in [6.45, 7) is 2.97. The standard InChI is InChI=1S/C26H21N3O6/c30-17-6-7-18(31)22-21(17)24(32)23-26(25(22)33)35-19-4-2-1-3-15(19)14-29(23)16-5-8-20(27-13-16)28-9-11-34-12-10-28/h1-8,13,30-31H,9-12,14H2. The Morgan fingerprint density at radius 3 is 2.29 bits per heavy atom. The predicted octanol–water partition coefficient (Wildman–Crippen LogP) is 3.02. The lowest BCUT2D eigenvalue weighted by Gasteiger charge is -2.30. The molecule has 0 amide bonds. The molecule has 0 atom stereocenters. The number of allylic oxidation sites excluding steroid dienone is 2. The lowest BCUT2D eigenvalue weighted by molar-refractivity contribution is 0.0931. The number of carbonyl (C=O) groups excluding carboxylic acids is 2. The summed E-state index contributed by atoms with van der Waals surface area (Å²) in [7, 11) is 0. The molecule has 9 nitrogen and oxygen atoms in total. The highest BCUT2D eigenvalue weighted by atomic mass is 16.5. The molecule has 6 rings (SSSR count). The van der Waals surface area contributed by atoms with E-state index in [9.17, 15) is 19.8 Å². The number of ketones is 2. The van der Waals surface area contributed by atoms with E-state index >= 15 is 0 Å². The lowest BCUT2D eigenvalue weighted by Crippen LogP contribution is -2.37. The van der Waals surface area contributed by atoms with Gasteiger partial charge in [-0.15, -0.1) is 0 Å². The first-order valence-corrected chi connectivity index (χ1v) is 11.2. The molecule has 9 heteroatoms. The number of pyridine rings is 1. The Bertz CT molecular complexity index is 1390. The summed E-state index contributed by atoms with van der Waals surface area (Å²) in [6.07, 6.45) is 1.65. The second-order valence-corrected chi connectivity index (χ2v) is 8.46. The van der Waals surface area contributed by atoms with Crippen LogP contribution in [0.5, 0.6) is 17.2 Å². The second-order valence-electron chi connectivity index (χ2n) is 8.46. The summed E-state index contributed by atoms with van der Waals surface area (Å²) in [6, 6.07) is 13.3. The SMILES string of the molecule is O=C1C2=C(C(=O)c3c(O)ccc(O)c31)N(c1ccc(N3CCOCC3)nc1)Cc1ccccc1O2. The van der Waals surface area contributed by atoms with Crippen molar-refractivity contribution in [2.45, 2.75) is 6.54 Å². The van der Waals surface area contributed by atoms with Gasteiger partial charge in [-0.3, -0.25) is 9.59 Å². The van der Waals surface area contributed by atoms with Gasteiger partial charge in [0.25, 0.3) is 0 Å². The van der Waals surface area contributed by atoms with Gasteiger partial charge in [-0.05, 0) is 30.3 Å². The molecule has 1 aliphatic carbocycles. The first-order valence-electron chi connectivity index (χ1n) is 11.2. The number of phenols is 2. The number of nitrogens with zero attached hydrogens (tertiary/aromatic N) is 3. The van der Waals surface area contributed by atoms with Crippen molar-refractivity contribution >= 4 is 23.1 Å². The molecule has 0 spiro atoms. The van der Waals surface area contributed by atoms with Crippen LogP contribution in [-0.4, -0.2) is 53.1 Å². The summed E-state index contributed by atoms with van der Waals surface area (Å²) in [5, 5.41) is 20.8. The highest BCUT2D eigenvalue weighted by molar-refractivity contribution is 6.29. The van der Waals surface area contributed by atoms with Crippen LogP contribution in [0.15, 0.2) is 66.2 Å². The molecule has 2 aliphatic heterocycles. The van der Waals surface area contributed by atoms with Crippen molar-refractivity contribution in [1.82, 2.24) is 4.98 Å². The topological polar surface area (TPSA) is 112 Å². The van der Waals surface area contributed by atoms with E-state index in [1.165, 1.54) is 12.1 Å². The second kappa shape index (κ2) is 8.14. The maximum Gasteiger partial charge on any atom is 0.235 e. The third-order valence-electron chi connectivity index (χ3n) is 6.41. The molecule has 3 aromatic rings.